The predicted octanol–water partition coefficient (Wildman–Crippen LogP) is 0.757. The second-order valence-corrected chi connectivity index (χ2v) is 4.58. The van der Waals surface area contributed by atoms with Gasteiger partial charge in [0.1, 0.15) is 5.84 Å². The van der Waals surface area contributed by atoms with E-state index in [-0.39, 0.29) is 5.92 Å². The minimum absolute atomic E-state index is 0.0985. The molecule has 0 bridgehead atoms. The summed E-state index contributed by atoms with van der Waals surface area (Å²) in [7, 11) is 0. The number of hydrogen-bond donors (Lipinski definition) is 3. The first kappa shape index (κ1) is 10.3. The Balaban J connectivity index is 2.21. The van der Waals surface area contributed by atoms with Crippen molar-refractivity contribution in [3.05, 3.63) is 0 Å². The summed E-state index contributed by atoms with van der Waals surface area (Å²) in [6, 6.07) is 0.599. The van der Waals surface area contributed by atoms with Crippen LogP contribution in [0.3, 0.4) is 0 Å². The molecule has 2 atom stereocenters. The number of nitrogens with one attached hydrogen (secondary N) is 1. The molecule has 0 amide bonds. The maximum absolute atomic E-state index is 8.42. The molecule has 2 unspecified atom stereocenters. The summed E-state index contributed by atoms with van der Waals surface area (Å²) < 4.78 is 0. The van der Waals surface area contributed by atoms with Crippen LogP contribution in [0.2, 0.25) is 0 Å². The van der Waals surface area contributed by atoms with Crippen LogP contribution < -0.4 is 11.1 Å². The Kier molecular flexibility index (Phi) is 2.81. The van der Waals surface area contributed by atoms with Crippen molar-refractivity contribution in [3.63, 3.8) is 0 Å². The van der Waals surface area contributed by atoms with Crippen LogP contribution in [0.5, 0.6) is 0 Å². The highest BCUT2D eigenvalue weighted by molar-refractivity contribution is 5.82. The normalized spacial score (nSPS) is 28.5. The molecule has 0 aromatic carbocycles. The molecule has 4 heteroatoms. The van der Waals surface area contributed by atoms with E-state index in [1.807, 2.05) is 6.92 Å². The molecule has 4 N–H and O–H groups in total. The number of nitrogens with two attached hydrogens (primary N) is 1. The molecule has 1 rings (SSSR count). The van der Waals surface area contributed by atoms with Crippen molar-refractivity contribution < 1.29 is 5.21 Å². The highest BCUT2D eigenvalue weighted by Gasteiger charge is 2.45. The van der Waals surface area contributed by atoms with Crippen LogP contribution in [0.4, 0.5) is 0 Å². The van der Waals surface area contributed by atoms with E-state index < -0.39 is 0 Å². The van der Waals surface area contributed by atoms with Gasteiger partial charge >= 0.3 is 0 Å². The van der Waals surface area contributed by atoms with Crippen molar-refractivity contribution in [1.82, 2.24) is 5.32 Å². The van der Waals surface area contributed by atoms with E-state index in [2.05, 4.69) is 24.3 Å². The standard InChI is InChI=1S/C9H19N3O/c1-6(8(10)12-13)5-11-7-4-9(7,2)3/h6-7,11,13H,4-5H2,1-3H3,(H2,10,12). The summed E-state index contributed by atoms with van der Waals surface area (Å²) in [5.74, 6) is 0.396. The van der Waals surface area contributed by atoms with Gasteiger partial charge in [0.05, 0.1) is 0 Å². The van der Waals surface area contributed by atoms with Gasteiger partial charge in [0.25, 0.3) is 0 Å². The zero-order chi connectivity index (χ0) is 10.1. The number of oxime groups is 1. The Morgan fingerprint density at radius 3 is 2.69 bits per heavy atom. The van der Waals surface area contributed by atoms with Gasteiger partial charge in [-0.2, -0.15) is 0 Å². The number of nitrogens with zero attached hydrogens (tertiary/aromatic N) is 1. The van der Waals surface area contributed by atoms with Gasteiger partial charge < -0.3 is 16.3 Å². The molecule has 1 aliphatic rings. The average molecular weight is 185 g/mol. The topological polar surface area (TPSA) is 70.6 Å². The largest absolute Gasteiger partial charge is 0.409 e. The lowest BCUT2D eigenvalue weighted by Crippen LogP contribution is -2.33. The quantitative estimate of drug-likeness (QED) is 0.262. The third kappa shape index (κ3) is 2.59. The molecule has 0 aromatic rings. The molecular formula is C9H19N3O. The van der Waals surface area contributed by atoms with E-state index in [4.69, 9.17) is 10.9 Å². The van der Waals surface area contributed by atoms with Gasteiger partial charge in [-0.05, 0) is 11.8 Å². The molecule has 0 saturated heterocycles. The second-order valence-electron chi connectivity index (χ2n) is 4.58. The lowest BCUT2D eigenvalue weighted by molar-refractivity contribution is 0.314. The first-order valence-corrected chi connectivity index (χ1v) is 4.68. The molecule has 1 fully saturated rings. The van der Waals surface area contributed by atoms with E-state index >= 15 is 0 Å². The van der Waals surface area contributed by atoms with Crippen molar-refractivity contribution in [2.45, 2.75) is 33.2 Å². The van der Waals surface area contributed by atoms with Gasteiger partial charge in [-0.3, -0.25) is 0 Å². The summed E-state index contributed by atoms with van der Waals surface area (Å²) >= 11 is 0. The fourth-order valence-electron chi connectivity index (χ4n) is 1.34. The summed E-state index contributed by atoms with van der Waals surface area (Å²) in [5, 5.41) is 14.8. The molecule has 0 heterocycles. The molecule has 0 aliphatic heterocycles. The zero-order valence-electron chi connectivity index (χ0n) is 8.54. The Hall–Kier alpha value is -0.770. The summed E-state index contributed by atoms with van der Waals surface area (Å²) in [4.78, 5) is 0. The van der Waals surface area contributed by atoms with Crippen molar-refractivity contribution in [3.8, 4) is 0 Å². The van der Waals surface area contributed by atoms with Crippen molar-refractivity contribution in [2.24, 2.45) is 22.2 Å². The van der Waals surface area contributed by atoms with Crippen molar-refractivity contribution >= 4 is 5.84 Å². The highest BCUT2D eigenvalue weighted by Crippen LogP contribution is 2.44. The Bertz CT molecular complexity index is 213. The Morgan fingerprint density at radius 2 is 2.31 bits per heavy atom. The van der Waals surface area contributed by atoms with Crippen LogP contribution in [0.25, 0.3) is 0 Å². The van der Waals surface area contributed by atoms with Gasteiger partial charge in [-0.15, -0.1) is 0 Å². The molecule has 1 aliphatic carbocycles. The number of rotatable bonds is 4. The van der Waals surface area contributed by atoms with E-state index in [0.29, 0.717) is 17.3 Å². The predicted molar refractivity (Wildman–Crippen MR) is 52.8 cm³/mol. The first-order valence-electron chi connectivity index (χ1n) is 4.68. The van der Waals surface area contributed by atoms with Gasteiger partial charge in [0, 0.05) is 18.5 Å². The Morgan fingerprint density at radius 1 is 1.77 bits per heavy atom. The van der Waals surface area contributed by atoms with Crippen molar-refractivity contribution in [2.75, 3.05) is 6.54 Å². The van der Waals surface area contributed by atoms with E-state index in [1.54, 1.807) is 0 Å². The van der Waals surface area contributed by atoms with E-state index in [9.17, 15) is 0 Å². The highest BCUT2D eigenvalue weighted by atomic mass is 16.4. The number of hydrogen-bond acceptors (Lipinski definition) is 3. The third-order valence-corrected chi connectivity index (χ3v) is 2.80. The molecular weight excluding hydrogens is 166 g/mol. The lowest BCUT2D eigenvalue weighted by Gasteiger charge is -2.11. The summed E-state index contributed by atoms with van der Waals surface area (Å²) in [5.41, 5.74) is 5.89. The van der Waals surface area contributed by atoms with Gasteiger partial charge in [0.15, 0.2) is 0 Å². The smallest absolute Gasteiger partial charge is 0.143 e. The molecule has 4 nitrogen and oxygen atoms in total. The van der Waals surface area contributed by atoms with Crippen LogP contribution in [-0.2, 0) is 0 Å². The van der Waals surface area contributed by atoms with Gasteiger partial charge in [-0.25, -0.2) is 0 Å². The molecule has 1 saturated carbocycles. The lowest BCUT2D eigenvalue weighted by atomic mass is 10.1. The second kappa shape index (κ2) is 3.54. The van der Waals surface area contributed by atoms with E-state index in [1.165, 1.54) is 6.42 Å². The van der Waals surface area contributed by atoms with Crippen LogP contribution in [0.15, 0.2) is 5.16 Å². The molecule has 0 spiro atoms. The van der Waals surface area contributed by atoms with Crippen LogP contribution in [0, 0.1) is 11.3 Å². The zero-order valence-corrected chi connectivity index (χ0v) is 8.54. The average Bonchev–Trinajstić information content (AvgIpc) is 2.68. The van der Waals surface area contributed by atoms with Crippen LogP contribution in [0.1, 0.15) is 27.2 Å². The fraction of sp³-hybridized carbons (Fsp3) is 0.889. The first-order chi connectivity index (χ1) is 5.97. The molecule has 13 heavy (non-hydrogen) atoms. The maximum Gasteiger partial charge on any atom is 0.143 e. The van der Waals surface area contributed by atoms with E-state index in [0.717, 1.165) is 6.54 Å². The van der Waals surface area contributed by atoms with Gasteiger partial charge in [-0.1, -0.05) is 25.9 Å². The maximum atomic E-state index is 8.42. The SMILES string of the molecule is CC(CNC1CC1(C)C)C(N)=NO. The summed E-state index contributed by atoms with van der Waals surface area (Å²) in [6.45, 7) is 7.19. The fourth-order valence-corrected chi connectivity index (χ4v) is 1.34. The Labute approximate surface area is 79.2 Å². The van der Waals surface area contributed by atoms with Crippen molar-refractivity contribution in [1.29, 1.82) is 0 Å². The number of amidine groups is 1. The van der Waals surface area contributed by atoms with Gasteiger partial charge in [0.2, 0.25) is 0 Å². The molecule has 76 valence electrons. The molecule has 0 radical (unpaired) electrons. The minimum Gasteiger partial charge on any atom is -0.409 e. The summed E-state index contributed by atoms with van der Waals surface area (Å²) in [6.07, 6.45) is 1.22. The van der Waals surface area contributed by atoms with Crippen LogP contribution in [-0.4, -0.2) is 23.6 Å². The third-order valence-electron chi connectivity index (χ3n) is 2.80. The van der Waals surface area contributed by atoms with Crippen LogP contribution >= 0.6 is 0 Å². The minimum atomic E-state index is 0.0985. The monoisotopic (exact) mass is 185 g/mol. The molecule has 0 aromatic heterocycles.